The third-order valence-electron chi connectivity index (χ3n) is 8.21. The van der Waals surface area contributed by atoms with Gasteiger partial charge in [0.2, 0.25) is 5.91 Å². The number of carbonyl (C=O) groups excluding carboxylic acids is 1. The summed E-state index contributed by atoms with van der Waals surface area (Å²) in [6.45, 7) is 3.74. The molecule has 1 heterocycles. The fraction of sp³-hybridized carbons (Fsp3) is 0.969. The van der Waals surface area contributed by atoms with E-state index in [1.54, 1.807) is 0 Å². The Kier molecular flexibility index (Phi) is 22.9. The Balaban J connectivity index is 2.47. The third kappa shape index (κ3) is 17.2. The first-order chi connectivity index (χ1) is 19.8. The Labute approximate surface area is 249 Å². The van der Waals surface area contributed by atoms with Crippen LogP contribution in [0, 0.1) is 0 Å². The van der Waals surface area contributed by atoms with Gasteiger partial charge in [0, 0.05) is 6.42 Å². The maximum Gasteiger partial charge on any atom is 0.220 e. The zero-order valence-electron chi connectivity index (χ0n) is 26.1. The molecule has 0 aromatic rings. The molecule has 1 saturated heterocycles. The van der Waals surface area contributed by atoms with Crippen molar-refractivity contribution >= 4 is 5.91 Å². The molecule has 7 atom stereocenters. The Hall–Kier alpha value is -0.810. The number of carbonyl (C=O) groups is 1. The molecule has 0 saturated carbocycles. The summed E-state index contributed by atoms with van der Waals surface area (Å²) in [5.41, 5.74) is 0. The minimum Gasteiger partial charge on any atom is -0.394 e. The summed E-state index contributed by atoms with van der Waals surface area (Å²) in [6.07, 6.45) is 14.2. The largest absolute Gasteiger partial charge is 0.394 e. The number of ether oxygens (including phenoxy) is 2. The van der Waals surface area contributed by atoms with Crippen LogP contribution in [0.15, 0.2) is 0 Å². The molecule has 1 rings (SSSR count). The monoisotopic (exact) mass is 589 g/mol. The predicted octanol–water partition coefficient (Wildman–Crippen LogP) is 4.49. The molecule has 0 spiro atoms. The topological polar surface area (TPSA) is 149 Å². The molecular formula is C32H63NO8. The summed E-state index contributed by atoms with van der Waals surface area (Å²) < 4.78 is 11.1. The summed E-state index contributed by atoms with van der Waals surface area (Å²) in [7, 11) is 0. The van der Waals surface area contributed by atoms with E-state index in [-0.39, 0.29) is 12.5 Å². The number of nitrogens with one attached hydrogen (secondary N) is 1. The molecule has 1 aliphatic rings. The second kappa shape index (κ2) is 24.6. The van der Waals surface area contributed by atoms with E-state index in [0.29, 0.717) is 12.8 Å². The van der Waals surface area contributed by atoms with Crippen LogP contribution in [0.4, 0.5) is 0 Å². The smallest absolute Gasteiger partial charge is 0.220 e. The summed E-state index contributed by atoms with van der Waals surface area (Å²) in [5.74, 6) is -0.151. The van der Waals surface area contributed by atoms with Crippen LogP contribution < -0.4 is 5.32 Å². The van der Waals surface area contributed by atoms with E-state index in [1.807, 2.05) is 0 Å². The number of unbranched alkanes of at least 4 members (excludes halogenated alkanes) is 16. The van der Waals surface area contributed by atoms with E-state index < -0.39 is 49.5 Å². The highest BCUT2D eigenvalue weighted by Gasteiger charge is 2.44. The fourth-order valence-corrected chi connectivity index (χ4v) is 5.39. The zero-order valence-corrected chi connectivity index (χ0v) is 26.1. The van der Waals surface area contributed by atoms with Gasteiger partial charge in [0.1, 0.15) is 24.4 Å². The molecule has 41 heavy (non-hydrogen) atoms. The molecule has 244 valence electrons. The number of rotatable bonds is 26. The zero-order chi connectivity index (χ0) is 30.3. The molecule has 0 aliphatic carbocycles. The van der Waals surface area contributed by atoms with E-state index in [1.165, 1.54) is 77.0 Å². The number of amides is 1. The Morgan fingerprint density at radius 3 is 1.73 bits per heavy atom. The van der Waals surface area contributed by atoms with Crippen LogP contribution in [0.3, 0.4) is 0 Å². The lowest BCUT2D eigenvalue weighted by Crippen LogP contribution is -2.60. The first-order valence-electron chi connectivity index (χ1n) is 16.7. The molecular weight excluding hydrogens is 526 g/mol. The van der Waals surface area contributed by atoms with E-state index >= 15 is 0 Å². The van der Waals surface area contributed by atoms with Crippen molar-refractivity contribution in [3.8, 4) is 0 Å². The molecule has 6 N–H and O–H groups in total. The summed E-state index contributed by atoms with van der Waals surface area (Å²) in [6, 6.07) is -0.706. The Bertz CT molecular complexity index is 623. The molecule has 1 aliphatic heterocycles. The first-order valence-corrected chi connectivity index (χ1v) is 16.7. The lowest BCUT2D eigenvalue weighted by Gasteiger charge is -2.40. The van der Waals surface area contributed by atoms with Gasteiger partial charge in [-0.1, -0.05) is 123 Å². The highest BCUT2D eigenvalue weighted by molar-refractivity contribution is 5.76. The maximum atomic E-state index is 12.7. The van der Waals surface area contributed by atoms with Crippen LogP contribution in [0.5, 0.6) is 0 Å². The summed E-state index contributed by atoms with van der Waals surface area (Å²) >= 11 is 0. The van der Waals surface area contributed by atoms with Gasteiger partial charge in [-0.25, -0.2) is 0 Å². The maximum absolute atomic E-state index is 12.7. The van der Waals surface area contributed by atoms with Gasteiger partial charge >= 0.3 is 0 Å². The van der Waals surface area contributed by atoms with Crippen LogP contribution in [-0.2, 0) is 14.3 Å². The predicted molar refractivity (Wildman–Crippen MR) is 161 cm³/mol. The SMILES string of the molecule is CCCCCCCCCCCCCC(=O)NC(COC1OC(CO)C(O)C(O)C1O)C(O)CCCCCCCCC. The van der Waals surface area contributed by atoms with E-state index in [9.17, 15) is 30.3 Å². The van der Waals surface area contributed by atoms with Crippen LogP contribution in [0.2, 0.25) is 0 Å². The minimum atomic E-state index is -1.54. The molecule has 1 amide bonds. The van der Waals surface area contributed by atoms with Crippen molar-refractivity contribution in [3.05, 3.63) is 0 Å². The average Bonchev–Trinajstić information content (AvgIpc) is 2.97. The first kappa shape index (κ1) is 38.2. The van der Waals surface area contributed by atoms with Crippen LogP contribution >= 0.6 is 0 Å². The van der Waals surface area contributed by atoms with E-state index in [2.05, 4.69) is 19.2 Å². The standard InChI is InChI=1S/C32H63NO8/c1-3-5-7-9-11-12-13-14-16-18-20-22-28(36)33-25(26(35)21-19-17-15-10-8-6-4-2)24-40-32-31(39)30(38)29(37)27(23-34)41-32/h25-27,29-32,34-35,37-39H,3-24H2,1-2H3,(H,33,36). The van der Waals surface area contributed by atoms with Crippen molar-refractivity contribution in [1.29, 1.82) is 0 Å². The van der Waals surface area contributed by atoms with Crippen LogP contribution in [0.25, 0.3) is 0 Å². The Morgan fingerprint density at radius 1 is 0.732 bits per heavy atom. The second-order valence-corrected chi connectivity index (χ2v) is 12.0. The molecule has 9 nitrogen and oxygen atoms in total. The van der Waals surface area contributed by atoms with Gasteiger partial charge in [-0.05, 0) is 12.8 Å². The molecule has 9 heteroatoms. The van der Waals surface area contributed by atoms with E-state index in [0.717, 1.165) is 38.5 Å². The quantitative estimate of drug-likeness (QED) is 0.0809. The van der Waals surface area contributed by atoms with Gasteiger partial charge < -0.3 is 40.3 Å². The van der Waals surface area contributed by atoms with Crippen molar-refractivity contribution < 1.29 is 39.8 Å². The normalized spacial score (nSPS) is 24.3. The molecule has 0 aromatic carbocycles. The average molecular weight is 590 g/mol. The van der Waals surface area contributed by atoms with Gasteiger partial charge in [0.25, 0.3) is 0 Å². The number of aliphatic hydroxyl groups is 5. The van der Waals surface area contributed by atoms with Gasteiger partial charge in [0.05, 0.1) is 25.4 Å². The number of hydrogen-bond donors (Lipinski definition) is 6. The van der Waals surface area contributed by atoms with Crippen molar-refractivity contribution in [2.24, 2.45) is 0 Å². The van der Waals surface area contributed by atoms with Gasteiger partial charge in [-0.3, -0.25) is 4.79 Å². The van der Waals surface area contributed by atoms with Crippen molar-refractivity contribution in [2.45, 2.75) is 185 Å². The van der Waals surface area contributed by atoms with Gasteiger partial charge in [-0.2, -0.15) is 0 Å². The molecule has 0 aromatic heterocycles. The van der Waals surface area contributed by atoms with Crippen molar-refractivity contribution in [1.82, 2.24) is 5.32 Å². The third-order valence-corrected chi connectivity index (χ3v) is 8.21. The molecule has 0 radical (unpaired) electrons. The highest BCUT2D eigenvalue weighted by atomic mass is 16.7. The number of aliphatic hydroxyl groups excluding tert-OH is 5. The highest BCUT2D eigenvalue weighted by Crippen LogP contribution is 2.23. The van der Waals surface area contributed by atoms with Crippen LogP contribution in [-0.4, -0.2) is 87.5 Å². The second-order valence-electron chi connectivity index (χ2n) is 12.0. The molecule has 7 unspecified atom stereocenters. The summed E-state index contributed by atoms with van der Waals surface area (Å²) in [5, 5.41) is 53.6. The van der Waals surface area contributed by atoms with Crippen molar-refractivity contribution in [2.75, 3.05) is 13.2 Å². The molecule has 1 fully saturated rings. The lowest BCUT2D eigenvalue weighted by molar-refractivity contribution is -0.302. The van der Waals surface area contributed by atoms with E-state index in [4.69, 9.17) is 9.47 Å². The van der Waals surface area contributed by atoms with Crippen molar-refractivity contribution in [3.63, 3.8) is 0 Å². The lowest BCUT2D eigenvalue weighted by atomic mass is 9.99. The Morgan fingerprint density at radius 2 is 1.22 bits per heavy atom. The number of hydrogen-bond acceptors (Lipinski definition) is 8. The van der Waals surface area contributed by atoms with Gasteiger partial charge in [-0.15, -0.1) is 0 Å². The minimum absolute atomic E-state index is 0.135. The molecule has 0 bridgehead atoms. The summed E-state index contributed by atoms with van der Waals surface area (Å²) in [4.78, 5) is 12.7. The van der Waals surface area contributed by atoms with Gasteiger partial charge in [0.15, 0.2) is 6.29 Å². The fourth-order valence-electron chi connectivity index (χ4n) is 5.39. The van der Waals surface area contributed by atoms with Crippen LogP contribution in [0.1, 0.15) is 142 Å².